The number of amides is 1. The summed E-state index contributed by atoms with van der Waals surface area (Å²) >= 11 is 0. The van der Waals surface area contributed by atoms with Crippen LogP contribution in [-0.2, 0) is 0 Å². The Morgan fingerprint density at radius 1 is 1.21 bits per heavy atom. The Labute approximate surface area is 110 Å². The van der Waals surface area contributed by atoms with Crippen LogP contribution in [0.25, 0.3) is 0 Å². The van der Waals surface area contributed by atoms with Gasteiger partial charge in [0.1, 0.15) is 5.75 Å². The number of hydrazone groups is 1. The van der Waals surface area contributed by atoms with Gasteiger partial charge in [0.2, 0.25) is 0 Å². The predicted octanol–water partition coefficient (Wildman–Crippen LogP) is 1.74. The van der Waals surface area contributed by atoms with E-state index in [1.807, 2.05) is 30.3 Å². The van der Waals surface area contributed by atoms with Gasteiger partial charge in [-0.3, -0.25) is 4.79 Å². The lowest BCUT2D eigenvalue weighted by atomic mass is 10.2. The quantitative estimate of drug-likeness (QED) is 0.443. The Bertz CT molecular complexity index is 609. The van der Waals surface area contributed by atoms with Gasteiger partial charge in [-0.05, 0) is 17.7 Å². The number of anilines is 1. The van der Waals surface area contributed by atoms with E-state index in [-0.39, 0.29) is 11.3 Å². The molecule has 5 heteroatoms. The predicted molar refractivity (Wildman–Crippen MR) is 74.0 cm³/mol. The van der Waals surface area contributed by atoms with Crippen molar-refractivity contribution in [1.29, 1.82) is 0 Å². The van der Waals surface area contributed by atoms with Gasteiger partial charge in [-0.25, -0.2) is 5.43 Å². The van der Waals surface area contributed by atoms with Crippen molar-refractivity contribution in [3.05, 3.63) is 59.7 Å². The minimum absolute atomic E-state index is 0.124. The van der Waals surface area contributed by atoms with Crippen LogP contribution < -0.4 is 11.2 Å². The lowest BCUT2D eigenvalue weighted by Crippen LogP contribution is -2.17. The number of phenols is 1. The zero-order valence-corrected chi connectivity index (χ0v) is 10.1. The number of nitrogen functional groups attached to an aromatic ring is 1. The molecule has 96 valence electrons. The van der Waals surface area contributed by atoms with Crippen LogP contribution in [0.3, 0.4) is 0 Å². The number of nitrogens with zero attached hydrogens (tertiary/aromatic N) is 1. The summed E-state index contributed by atoms with van der Waals surface area (Å²) in [5, 5.41) is 13.4. The smallest absolute Gasteiger partial charge is 0.275 e. The first-order valence-corrected chi connectivity index (χ1v) is 5.64. The highest BCUT2D eigenvalue weighted by molar-refractivity contribution is 5.97. The molecule has 2 rings (SSSR count). The highest BCUT2D eigenvalue weighted by atomic mass is 16.3. The molecule has 4 N–H and O–H groups in total. The Balaban J connectivity index is 2.04. The highest BCUT2D eigenvalue weighted by Gasteiger charge is 2.09. The fraction of sp³-hybridized carbons (Fsp3) is 0. The van der Waals surface area contributed by atoms with Gasteiger partial charge in [0, 0.05) is 11.8 Å². The van der Waals surface area contributed by atoms with Crippen LogP contribution >= 0.6 is 0 Å². The van der Waals surface area contributed by atoms with E-state index in [9.17, 15) is 9.90 Å². The van der Waals surface area contributed by atoms with Crippen LogP contribution in [0.1, 0.15) is 15.9 Å². The molecule has 19 heavy (non-hydrogen) atoms. The number of aromatic hydroxyl groups is 1. The summed E-state index contributed by atoms with van der Waals surface area (Å²) in [5.74, 6) is -0.669. The molecule has 1 amide bonds. The summed E-state index contributed by atoms with van der Waals surface area (Å²) in [6.07, 6.45) is 1.52. The second-order valence-corrected chi connectivity index (χ2v) is 3.89. The molecule has 0 unspecified atom stereocenters. The SMILES string of the molecule is Nc1ccc(C(=O)N/N=C/c2ccccc2)c(O)c1. The van der Waals surface area contributed by atoms with Gasteiger partial charge >= 0.3 is 0 Å². The summed E-state index contributed by atoms with van der Waals surface area (Å²) in [4.78, 5) is 11.7. The molecule has 0 spiro atoms. The van der Waals surface area contributed by atoms with E-state index in [4.69, 9.17) is 5.73 Å². The van der Waals surface area contributed by atoms with Crippen molar-refractivity contribution < 1.29 is 9.90 Å². The van der Waals surface area contributed by atoms with Crippen LogP contribution in [-0.4, -0.2) is 17.2 Å². The molecule has 2 aromatic rings. The maximum atomic E-state index is 11.7. The number of hydrogen-bond acceptors (Lipinski definition) is 4. The third-order valence-corrected chi connectivity index (χ3v) is 2.45. The van der Waals surface area contributed by atoms with Gasteiger partial charge < -0.3 is 10.8 Å². The number of phenolic OH excluding ortho intramolecular Hbond substituents is 1. The van der Waals surface area contributed by atoms with E-state index in [1.165, 1.54) is 24.4 Å². The minimum Gasteiger partial charge on any atom is -0.507 e. The van der Waals surface area contributed by atoms with Gasteiger partial charge in [0.25, 0.3) is 5.91 Å². The van der Waals surface area contributed by atoms with Crippen LogP contribution in [0.2, 0.25) is 0 Å². The van der Waals surface area contributed by atoms with Crippen molar-refractivity contribution in [3.63, 3.8) is 0 Å². The lowest BCUT2D eigenvalue weighted by molar-refractivity contribution is 0.0952. The molecule has 0 atom stereocenters. The van der Waals surface area contributed by atoms with Gasteiger partial charge in [-0.1, -0.05) is 30.3 Å². The molecule has 0 aliphatic carbocycles. The second-order valence-electron chi connectivity index (χ2n) is 3.89. The van der Waals surface area contributed by atoms with E-state index >= 15 is 0 Å². The fourth-order valence-electron chi connectivity index (χ4n) is 1.51. The number of nitrogens with two attached hydrogens (primary N) is 1. The zero-order valence-electron chi connectivity index (χ0n) is 10.1. The van der Waals surface area contributed by atoms with Crippen molar-refractivity contribution in [1.82, 2.24) is 5.43 Å². The van der Waals surface area contributed by atoms with Gasteiger partial charge in [0.05, 0.1) is 11.8 Å². The molecule has 0 bridgehead atoms. The normalized spacial score (nSPS) is 10.5. The minimum atomic E-state index is -0.496. The van der Waals surface area contributed by atoms with Crippen molar-refractivity contribution in [2.24, 2.45) is 5.10 Å². The number of nitrogens with one attached hydrogen (secondary N) is 1. The van der Waals surface area contributed by atoms with Crippen molar-refractivity contribution in [3.8, 4) is 5.75 Å². The molecule has 2 aromatic carbocycles. The first-order valence-electron chi connectivity index (χ1n) is 5.64. The molecule has 0 heterocycles. The van der Waals surface area contributed by atoms with E-state index in [0.717, 1.165) is 5.56 Å². The average molecular weight is 255 g/mol. The standard InChI is InChI=1S/C14H13N3O2/c15-11-6-7-12(13(18)8-11)14(19)17-16-9-10-4-2-1-3-5-10/h1-9,18H,15H2,(H,17,19)/b16-9+. The first-order chi connectivity index (χ1) is 9.16. The molecule has 0 radical (unpaired) electrons. The Morgan fingerprint density at radius 2 is 1.95 bits per heavy atom. The maximum Gasteiger partial charge on any atom is 0.275 e. The average Bonchev–Trinajstić information content (AvgIpc) is 2.39. The number of carbonyl (C=O) groups excluding carboxylic acids is 1. The van der Waals surface area contributed by atoms with Crippen molar-refractivity contribution in [2.45, 2.75) is 0 Å². The van der Waals surface area contributed by atoms with Crippen LogP contribution in [0, 0.1) is 0 Å². The second kappa shape index (κ2) is 5.68. The van der Waals surface area contributed by atoms with Gasteiger partial charge in [-0.15, -0.1) is 0 Å². The Kier molecular flexibility index (Phi) is 3.78. The Morgan fingerprint density at radius 3 is 2.63 bits per heavy atom. The highest BCUT2D eigenvalue weighted by Crippen LogP contribution is 2.19. The van der Waals surface area contributed by atoms with E-state index < -0.39 is 5.91 Å². The number of benzene rings is 2. The molecule has 0 aliphatic heterocycles. The van der Waals surface area contributed by atoms with E-state index in [2.05, 4.69) is 10.5 Å². The third-order valence-electron chi connectivity index (χ3n) is 2.45. The fourth-order valence-corrected chi connectivity index (χ4v) is 1.51. The van der Waals surface area contributed by atoms with Gasteiger partial charge in [0.15, 0.2) is 0 Å². The monoisotopic (exact) mass is 255 g/mol. The van der Waals surface area contributed by atoms with Gasteiger partial charge in [-0.2, -0.15) is 5.10 Å². The van der Waals surface area contributed by atoms with Crippen LogP contribution in [0.4, 0.5) is 5.69 Å². The third kappa shape index (κ3) is 3.32. The summed E-state index contributed by atoms with van der Waals surface area (Å²) in [5.41, 5.74) is 9.20. The first kappa shape index (κ1) is 12.6. The van der Waals surface area contributed by atoms with Crippen LogP contribution in [0.15, 0.2) is 53.6 Å². The summed E-state index contributed by atoms with van der Waals surface area (Å²) in [6.45, 7) is 0. The molecular formula is C14H13N3O2. The van der Waals surface area contributed by atoms with Crippen molar-refractivity contribution in [2.75, 3.05) is 5.73 Å². The summed E-state index contributed by atoms with van der Waals surface area (Å²) in [7, 11) is 0. The molecule has 0 saturated carbocycles. The number of hydrogen-bond donors (Lipinski definition) is 3. The molecule has 0 fully saturated rings. The van der Waals surface area contributed by atoms with E-state index in [1.54, 1.807) is 0 Å². The van der Waals surface area contributed by atoms with Crippen LogP contribution in [0.5, 0.6) is 5.75 Å². The molecule has 0 aliphatic rings. The zero-order chi connectivity index (χ0) is 13.7. The number of carbonyl (C=O) groups is 1. The largest absolute Gasteiger partial charge is 0.507 e. The lowest BCUT2D eigenvalue weighted by Gasteiger charge is -2.03. The molecular weight excluding hydrogens is 242 g/mol. The summed E-state index contributed by atoms with van der Waals surface area (Å²) in [6, 6.07) is 13.6. The van der Waals surface area contributed by atoms with Crippen molar-refractivity contribution >= 4 is 17.8 Å². The molecule has 5 nitrogen and oxygen atoms in total. The molecule has 0 aromatic heterocycles. The van der Waals surface area contributed by atoms with E-state index in [0.29, 0.717) is 5.69 Å². The molecule has 0 saturated heterocycles. The Hall–Kier alpha value is -2.82. The topological polar surface area (TPSA) is 87.7 Å². The summed E-state index contributed by atoms with van der Waals surface area (Å²) < 4.78 is 0. The maximum absolute atomic E-state index is 11.7. The number of rotatable bonds is 3.